The summed E-state index contributed by atoms with van der Waals surface area (Å²) in [5, 5.41) is 2.42. The first-order valence-corrected chi connectivity index (χ1v) is 27.3. The average molecular weight is 989 g/mol. The van der Waals surface area contributed by atoms with Gasteiger partial charge in [0.25, 0.3) is 0 Å². The quantitative estimate of drug-likeness (QED) is 0.154. The Balaban J connectivity index is 1.10. The second-order valence-corrected chi connectivity index (χ2v) is 23.2. The number of fused-ring (bicyclic) bond motifs is 13. The molecular formula is C75H60N2. The predicted molar refractivity (Wildman–Crippen MR) is 325 cm³/mol. The SMILES string of the molecule is CC(C)(C)c1ccc2c(c1)C1(c3ccccc3-c3ccc(N(c4ccccc4-c4ccccc4-c4ccccc4-c4ccccc4)c4cccc5c6ccccc6n(-c6ccccc6)c45)cc31)c1cc(C(C)(C)C)ccc1-2. The summed E-state index contributed by atoms with van der Waals surface area (Å²) >= 11 is 0. The minimum atomic E-state index is -0.584. The van der Waals surface area contributed by atoms with Crippen LogP contribution in [-0.2, 0) is 16.2 Å². The maximum Gasteiger partial charge on any atom is 0.0782 e. The van der Waals surface area contributed by atoms with Gasteiger partial charge in [0.2, 0.25) is 0 Å². The van der Waals surface area contributed by atoms with Crippen molar-refractivity contribution in [1.82, 2.24) is 4.57 Å². The molecule has 0 saturated carbocycles. The summed E-state index contributed by atoms with van der Waals surface area (Å²) in [6.45, 7) is 14.1. The molecule has 2 aliphatic rings. The molecule has 14 rings (SSSR count). The fourth-order valence-electron chi connectivity index (χ4n) is 13.1. The van der Waals surface area contributed by atoms with Crippen molar-refractivity contribution in [3.63, 3.8) is 0 Å². The largest absolute Gasteiger partial charge is 0.308 e. The van der Waals surface area contributed by atoms with Crippen LogP contribution < -0.4 is 4.90 Å². The monoisotopic (exact) mass is 988 g/mol. The molecule has 0 aliphatic heterocycles. The first-order chi connectivity index (χ1) is 37.5. The Morgan fingerprint density at radius 3 is 1.43 bits per heavy atom. The number of nitrogens with zero attached hydrogens (tertiary/aromatic N) is 2. The maximum absolute atomic E-state index is 2.58. The summed E-state index contributed by atoms with van der Waals surface area (Å²) in [6.07, 6.45) is 0. The third-order valence-corrected chi connectivity index (χ3v) is 16.7. The standard InChI is InChI=1S/C75H60N2/c1-73(2,3)50-40-43-59-60-44-41-51(74(4,5)6)47-67(60)75(66(59)46-50)65-36-20-17-32-58(65)61-45-42-53(48-68(61)75)76(71-39-23-35-64-63-34-19-22-38-70(63)77(72(64)71)52-26-11-8-12-27-52)69-37-21-18-33-62(69)57-31-16-15-30-56(57)55-29-14-13-28-54(55)49-24-9-7-10-25-49/h7-48H,1-6H3. The van der Waals surface area contributed by atoms with Crippen LogP contribution in [0.25, 0.3) is 83.1 Å². The zero-order chi connectivity index (χ0) is 52.2. The normalized spacial score (nSPS) is 13.2. The van der Waals surface area contributed by atoms with Gasteiger partial charge in [-0.3, -0.25) is 0 Å². The summed E-state index contributed by atoms with van der Waals surface area (Å²) in [5.74, 6) is 0. The van der Waals surface area contributed by atoms with Crippen molar-refractivity contribution < 1.29 is 0 Å². The molecule has 11 aromatic carbocycles. The summed E-state index contributed by atoms with van der Waals surface area (Å²) in [4.78, 5) is 2.58. The van der Waals surface area contributed by atoms with Gasteiger partial charge in [-0.05, 0) is 137 Å². The molecule has 0 N–H and O–H groups in total. The molecule has 1 heterocycles. The summed E-state index contributed by atoms with van der Waals surface area (Å²) < 4.78 is 2.48. The van der Waals surface area contributed by atoms with Crippen molar-refractivity contribution in [2.75, 3.05) is 4.90 Å². The lowest BCUT2D eigenvalue weighted by Gasteiger charge is -2.34. The van der Waals surface area contributed by atoms with E-state index in [2.05, 4.69) is 306 Å². The van der Waals surface area contributed by atoms with E-state index in [0.717, 1.165) is 33.8 Å². The zero-order valence-corrected chi connectivity index (χ0v) is 44.6. The second kappa shape index (κ2) is 17.5. The molecule has 0 atom stereocenters. The van der Waals surface area contributed by atoms with Crippen LogP contribution in [0.5, 0.6) is 0 Å². The third kappa shape index (κ3) is 7.15. The topological polar surface area (TPSA) is 8.17 Å². The number of para-hydroxylation sites is 4. The fourth-order valence-corrected chi connectivity index (χ4v) is 13.1. The number of hydrogen-bond donors (Lipinski definition) is 0. The molecule has 1 spiro atoms. The van der Waals surface area contributed by atoms with Gasteiger partial charge in [0.05, 0.1) is 27.8 Å². The van der Waals surface area contributed by atoms with Crippen LogP contribution in [-0.4, -0.2) is 4.57 Å². The summed E-state index contributed by atoms with van der Waals surface area (Å²) in [7, 11) is 0. The van der Waals surface area contributed by atoms with Gasteiger partial charge in [0.15, 0.2) is 0 Å². The van der Waals surface area contributed by atoms with Crippen molar-refractivity contribution in [3.05, 3.63) is 288 Å². The van der Waals surface area contributed by atoms with Crippen molar-refractivity contribution in [2.45, 2.75) is 57.8 Å². The minimum absolute atomic E-state index is 0.0569. The molecule has 0 amide bonds. The highest BCUT2D eigenvalue weighted by Gasteiger charge is 2.52. The summed E-state index contributed by atoms with van der Waals surface area (Å²) in [5.41, 5.74) is 26.4. The Kier molecular flexibility index (Phi) is 10.6. The lowest BCUT2D eigenvalue weighted by atomic mass is 9.68. The van der Waals surface area contributed by atoms with Crippen molar-refractivity contribution >= 4 is 38.9 Å². The fraction of sp³-hybridized carbons (Fsp3) is 0.120. The molecular weight excluding hydrogens is 929 g/mol. The van der Waals surface area contributed by atoms with E-state index in [4.69, 9.17) is 0 Å². The van der Waals surface area contributed by atoms with Gasteiger partial charge in [-0.15, -0.1) is 0 Å². The van der Waals surface area contributed by atoms with Crippen LogP contribution in [0.1, 0.15) is 74.9 Å². The first-order valence-electron chi connectivity index (χ1n) is 27.3. The molecule has 370 valence electrons. The molecule has 0 bridgehead atoms. The first kappa shape index (κ1) is 46.5. The molecule has 0 saturated heterocycles. The second-order valence-electron chi connectivity index (χ2n) is 23.2. The van der Waals surface area contributed by atoms with E-state index in [9.17, 15) is 0 Å². The van der Waals surface area contributed by atoms with E-state index in [0.29, 0.717) is 0 Å². The highest BCUT2D eigenvalue weighted by atomic mass is 15.2. The van der Waals surface area contributed by atoms with Crippen LogP contribution in [0.2, 0.25) is 0 Å². The Hall–Kier alpha value is -8.98. The molecule has 0 unspecified atom stereocenters. The average Bonchev–Trinajstić information content (AvgIpc) is 4.22. The molecule has 0 radical (unpaired) electrons. The molecule has 12 aromatic rings. The summed E-state index contributed by atoms with van der Waals surface area (Å²) in [6, 6.07) is 95.8. The van der Waals surface area contributed by atoms with Crippen LogP contribution in [0.15, 0.2) is 255 Å². The van der Waals surface area contributed by atoms with E-state index in [1.54, 1.807) is 0 Å². The van der Waals surface area contributed by atoms with Crippen molar-refractivity contribution in [2.24, 2.45) is 0 Å². The van der Waals surface area contributed by atoms with Gasteiger partial charge in [-0.1, -0.05) is 254 Å². The Morgan fingerprint density at radius 2 is 0.779 bits per heavy atom. The predicted octanol–water partition coefficient (Wildman–Crippen LogP) is 20.2. The van der Waals surface area contributed by atoms with E-state index >= 15 is 0 Å². The van der Waals surface area contributed by atoms with Crippen LogP contribution in [0.3, 0.4) is 0 Å². The number of rotatable bonds is 7. The number of aromatic nitrogens is 1. The van der Waals surface area contributed by atoms with Gasteiger partial charge in [0, 0.05) is 27.7 Å². The number of hydrogen-bond acceptors (Lipinski definition) is 1. The molecule has 2 heteroatoms. The highest BCUT2D eigenvalue weighted by Crippen LogP contribution is 2.64. The van der Waals surface area contributed by atoms with Crippen LogP contribution in [0, 0.1) is 0 Å². The Bertz CT molecular complexity index is 4230. The van der Waals surface area contributed by atoms with Crippen LogP contribution >= 0.6 is 0 Å². The molecule has 1 aromatic heterocycles. The zero-order valence-electron chi connectivity index (χ0n) is 44.6. The van der Waals surface area contributed by atoms with Gasteiger partial charge in [-0.25, -0.2) is 0 Å². The molecule has 0 fully saturated rings. The van der Waals surface area contributed by atoms with Crippen molar-refractivity contribution in [3.8, 4) is 61.3 Å². The van der Waals surface area contributed by atoms with E-state index in [-0.39, 0.29) is 10.8 Å². The smallest absolute Gasteiger partial charge is 0.0782 e. The van der Waals surface area contributed by atoms with E-state index in [1.807, 2.05) is 0 Å². The Morgan fingerprint density at radius 1 is 0.325 bits per heavy atom. The van der Waals surface area contributed by atoms with Gasteiger partial charge in [0.1, 0.15) is 0 Å². The number of anilines is 3. The van der Waals surface area contributed by atoms with E-state index in [1.165, 1.54) is 99.7 Å². The van der Waals surface area contributed by atoms with E-state index < -0.39 is 5.41 Å². The molecule has 77 heavy (non-hydrogen) atoms. The van der Waals surface area contributed by atoms with Gasteiger partial charge in [-0.2, -0.15) is 0 Å². The minimum Gasteiger partial charge on any atom is -0.308 e. The third-order valence-electron chi connectivity index (χ3n) is 16.7. The Labute approximate surface area is 453 Å². The molecule has 2 nitrogen and oxygen atoms in total. The lowest BCUT2D eigenvalue weighted by molar-refractivity contribution is 0.586. The van der Waals surface area contributed by atoms with Gasteiger partial charge >= 0.3 is 0 Å². The molecule has 2 aliphatic carbocycles. The maximum atomic E-state index is 2.58. The van der Waals surface area contributed by atoms with Crippen LogP contribution in [0.4, 0.5) is 17.1 Å². The highest BCUT2D eigenvalue weighted by molar-refractivity contribution is 6.15. The van der Waals surface area contributed by atoms with Crippen molar-refractivity contribution in [1.29, 1.82) is 0 Å². The lowest BCUT2D eigenvalue weighted by Crippen LogP contribution is -2.27. The number of benzene rings is 11. The van der Waals surface area contributed by atoms with Gasteiger partial charge < -0.3 is 9.47 Å².